The summed E-state index contributed by atoms with van der Waals surface area (Å²) in [5, 5.41) is 1.02. The first-order valence-electron chi connectivity index (χ1n) is 7.20. The van der Waals surface area contributed by atoms with Crippen molar-refractivity contribution < 1.29 is 9.15 Å². The largest absolute Gasteiger partial charge is 0.489 e. The third-order valence-electron chi connectivity index (χ3n) is 3.30. The first-order chi connectivity index (χ1) is 9.36. The van der Waals surface area contributed by atoms with Crippen LogP contribution in [0.15, 0.2) is 28.7 Å². The maximum absolute atomic E-state index is 5.89. The summed E-state index contributed by atoms with van der Waals surface area (Å²) < 4.78 is 11.6. The van der Waals surface area contributed by atoms with E-state index in [1.165, 1.54) is 25.7 Å². The highest BCUT2D eigenvalue weighted by molar-refractivity contribution is 5.85. The summed E-state index contributed by atoms with van der Waals surface area (Å²) in [7, 11) is 0. The number of hydrogen-bond donors (Lipinski definition) is 1. The van der Waals surface area contributed by atoms with Gasteiger partial charge >= 0.3 is 0 Å². The summed E-state index contributed by atoms with van der Waals surface area (Å²) in [6.07, 6.45) is 6.17. The Kier molecular flexibility index (Phi) is 5.28. The number of rotatable bonds is 8. The van der Waals surface area contributed by atoms with Crippen LogP contribution in [0.3, 0.4) is 0 Å². The highest BCUT2D eigenvalue weighted by atomic mass is 16.5. The van der Waals surface area contributed by atoms with Gasteiger partial charge in [0.1, 0.15) is 5.58 Å². The van der Waals surface area contributed by atoms with Crippen molar-refractivity contribution in [2.45, 2.75) is 45.6 Å². The number of nitrogens with two attached hydrogens (primary N) is 1. The molecule has 0 aliphatic heterocycles. The highest BCUT2D eigenvalue weighted by Gasteiger charge is 2.13. The van der Waals surface area contributed by atoms with E-state index in [-0.39, 0.29) is 0 Å². The van der Waals surface area contributed by atoms with E-state index in [2.05, 4.69) is 6.92 Å². The van der Waals surface area contributed by atoms with Crippen LogP contribution in [0.2, 0.25) is 0 Å². The van der Waals surface area contributed by atoms with Gasteiger partial charge in [-0.2, -0.15) is 0 Å². The standard InChI is InChI=1S/C16H23NO2/c1-2-3-4-5-8-11-18-16-13-9-6-7-10-14(13)19-15(16)12-17/h6-7,9-10H,2-5,8,11-12,17H2,1H3. The van der Waals surface area contributed by atoms with Crippen LogP contribution in [0.25, 0.3) is 11.0 Å². The van der Waals surface area contributed by atoms with E-state index in [9.17, 15) is 0 Å². The number of fused-ring (bicyclic) bond motifs is 1. The molecule has 0 bridgehead atoms. The molecule has 0 spiro atoms. The number of benzene rings is 1. The van der Waals surface area contributed by atoms with Gasteiger partial charge in [-0.05, 0) is 18.6 Å². The van der Waals surface area contributed by atoms with Crippen LogP contribution in [-0.2, 0) is 6.54 Å². The first-order valence-corrected chi connectivity index (χ1v) is 7.20. The molecule has 104 valence electrons. The van der Waals surface area contributed by atoms with E-state index in [1.54, 1.807) is 0 Å². The van der Waals surface area contributed by atoms with Crippen molar-refractivity contribution >= 4 is 11.0 Å². The molecule has 2 rings (SSSR count). The van der Waals surface area contributed by atoms with Gasteiger partial charge in [0.05, 0.1) is 18.5 Å². The third kappa shape index (κ3) is 3.51. The van der Waals surface area contributed by atoms with Crippen molar-refractivity contribution in [3.8, 4) is 5.75 Å². The summed E-state index contributed by atoms with van der Waals surface area (Å²) in [5.74, 6) is 1.57. The fraction of sp³-hybridized carbons (Fsp3) is 0.500. The van der Waals surface area contributed by atoms with Crippen LogP contribution in [0.4, 0.5) is 0 Å². The van der Waals surface area contributed by atoms with Crippen LogP contribution in [-0.4, -0.2) is 6.61 Å². The molecular formula is C16H23NO2. The van der Waals surface area contributed by atoms with Crippen LogP contribution >= 0.6 is 0 Å². The molecule has 1 aromatic carbocycles. The number of hydrogen-bond acceptors (Lipinski definition) is 3. The van der Waals surface area contributed by atoms with Gasteiger partial charge < -0.3 is 14.9 Å². The van der Waals surface area contributed by atoms with Gasteiger partial charge in [-0.1, -0.05) is 44.7 Å². The molecule has 1 heterocycles. The number of unbranched alkanes of at least 4 members (excludes halogenated alkanes) is 4. The Labute approximate surface area is 114 Å². The maximum atomic E-state index is 5.89. The van der Waals surface area contributed by atoms with E-state index in [0.717, 1.165) is 35.5 Å². The molecule has 2 N–H and O–H groups in total. The van der Waals surface area contributed by atoms with Crippen LogP contribution in [0.1, 0.15) is 44.8 Å². The highest BCUT2D eigenvalue weighted by Crippen LogP contribution is 2.32. The average molecular weight is 261 g/mol. The van der Waals surface area contributed by atoms with Gasteiger partial charge in [0.2, 0.25) is 0 Å². The Morgan fingerprint density at radius 1 is 1.11 bits per heavy atom. The fourth-order valence-electron chi connectivity index (χ4n) is 2.24. The van der Waals surface area contributed by atoms with Crippen LogP contribution in [0.5, 0.6) is 5.75 Å². The van der Waals surface area contributed by atoms with E-state index < -0.39 is 0 Å². The molecular weight excluding hydrogens is 238 g/mol. The lowest BCUT2D eigenvalue weighted by Crippen LogP contribution is -2.01. The first kappa shape index (κ1) is 13.9. The van der Waals surface area contributed by atoms with Gasteiger partial charge in [-0.15, -0.1) is 0 Å². The molecule has 2 aromatic rings. The predicted octanol–water partition coefficient (Wildman–Crippen LogP) is 4.24. The molecule has 0 aliphatic rings. The molecule has 19 heavy (non-hydrogen) atoms. The Morgan fingerprint density at radius 2 is 1.89 bits per heavy atom. The van der Waals surface area contributed by atoms with E-state index in [4.69, 9.17) is 14.9 Å². The van der Waals surface area contributed by atoms with Gasteiger partial charge in [0.15, 0.2) is 11.5 Å². The second-order valence-electron chi connectivity index (χ2n) is 4.82. The van der Waals surface area contributed by atoms with Gasteiger partial charge in [0, 0.05) is 0 Å². The van der Waals surface area contributed by atoms with Gasteiger partial charge in [-0.3, -0.25) is 0 Å². The lowest BCUT2D eigenvalue weighted by molar-refractivity contribution is 0.298. The zero-order valence-corrected chi connectivity index (χ0v) is 11.7. The second-order valence-corrected chi connectivity index (χ2v) is 4.82. The second kappa shape index (κ2) is 7.19. The Hall–Kier alpha value is -1.48. The van der Waals surface area contributed by atoms with Gasteiger partial charge in [0.25, 0.3) is 0 Å². The molecule has 0 saturated carbocycles. The quantitative estimate of drug-likeness (QED) is 0.723. The number of furan rings is 1. The molecule has 0 aliphatic carbocycles. The van der Waals surface area contributed by atoms with E-state index in [0.29, 0.717) is 6.54 Å². The Morgan fingerprint density at radius 3 is 2.68 bits per heavy atom. The van der Waals surface area contributed by atoms with Crippen molar-refractivity contribution in [3.05, 3.63) is 30.0 Å². The topological polar surface area (TPSA) is 48.4 Å². The van der Waals surface area contributed by atoms with Crippen molar-refractivity contribution in [2.24, 2.45) is 5.73 Å². The van der Waals surface area contributed by atoms with Crippen LogP contribution in [0, 0.1) is 0 Å². The normalized spacial score (nSPS) is 11.1. The van der Waals surface area contributed by atoms with E-state index in [1.807, 2.05) is 24.3 Å². The lowest BCUT2D eigenvalue weighted by Gasteiger charge is -2.06. The molecule has 0 fully saturated rings. The monoisotopic (exact) mass is 261 g/mol. The van der Waals surface area contributed by atoms with Crippen molar-refractivity contribution in [2.75, 3.05) is 6.61 Å². The summed E-state index contributed by atoms with van der Waals surface area (Å²) in [4.78, 5) is 0. The van der Waals surface area contributed by atoms with Gasteiger partial charge in [-0.25, -0.2) is 0 Å². The third-order valence-corrected chi connectivity index (χ3v) is 3.30. The molecule has 3 nitrogen and oxygen atoms in total. The number of para-hydroxylation sites is 1. The lowest BCUT2D eigenvalue weighted by atomic mass is 10.2. The average Bonchev–Trinajstić information content (AvgIpc) is 2.81. The zero-order valence-electron chi connectivity index (χ0n) is 11.7. The molecule has 0 saturated heterocycles. The molecule has 3 heteroatoms. The van der Waals surface area contributed by atoms with Crippen molar-refractivity contribution in [1.82, 2.24) is 0 Å². The molecule has 0 unspecified atom stereocenters. The minimum Gasteiger partial charge on any atom is -0.489 e. The predicted molar refractivity (Wildman–Crippen MR) is 78.4 cm³/mol. The fourth-order valence-corrected chi connectivity index (χ4v) is 2.24. The summed E-state index contributed by atoms with van der Waals surface area (Å²) >= 11 is 0. The van der Waals surface area contributed by atoms with Crippen LogP contribution < -0.4 is 10.5 Å². The molecule has 1 aromatic heterocycles. The summed E-state index contributed by atoms with van der Waals surface area (Å²) in [6, 6.07) is 7.92. The molecule has 0 radical (unpaired) electrons. The SMILES string of the molecule is CCCCCCCOc1c(CN)oc2ccccc12. The van der Waals surface area contributed by atoms with Crippen molar-refractivity contribution in [3.63, 3.8) is 0 Å². The maximum Gasteiger partial charge on any atom is 0.169 e. The Bertz CT molecular complexity index is 504. The summed E-state index contributed by atoms with van der Waals surface area (Å²) in [5.41, 5.74) is 6.56. The minimum absolute atomic E-state index is 0.375. The van der Waals surface area contributed by atoms with Crippen molar-refractivity contribution in [1.29, 1.82) is 0 Å². The smallest absolute Gasteiger partial charge is 0.169 e. The number of ether oxygens (including phenoxy) is 1. The zero-order chi connectivity index (χ0) is 13.5. The molecule has 0 amide bonds. The molecule has 0 atom stereocenters. The minimum atomic E-state index is 0.375. The summed E-state index contributed by atoms with van der Waals surface area (Å²) in [6.45, 7) is 3.34. The van der Waals surface area contributed by atoms with E-state index >= 15 is 0 Å². The Balaban J connectivity index is 1.95.